The molecule has 98 valence electrons. The fourth-order valence-electron chi connectivity index (χ4n) is 2.20. The van der Waals surface area contributed by atoms with Gasteiger partial charge < -0.3 is 4.74 Å². The van der Waals surface area contributed by atoms with E-state index in [2.05, 4.69) is 0 Å². The van der Waals surface area contributed by atoms with Crippen LogP contribution in [-0.4, -0.2) is 6.29 Å². The summed E-state index contributed by atoms with van der Waals surface area (Å²) in [7, 11) is 0. The molecule has 0 aliphatic heterocycles. The third-order valence-corrected chi connectivity index (χ3v) is 3.52. The molecule has 0 saturated heterocycles. The van der Waals surface area contributed by atoms with Crippen molar-refractivity contribution in [2.75, 3.05) is 0 Å². The second kappa shape index (κ2) is 5.70. The van der Waals surface area contributed by atoms with Crippen LogP contribution in [0.2, 0.25) is 0 Å². The zero-order valence-electron chi connectivity index (χ0n) is 11.6. The van der Waals surface area contributed by atoms with Crippen LogP contribution < -0.4 is 4.74 Å². The quantitative estimate of drug-likeness (QED) is 0.771. The Hall–Kier alpha value is -2.09. The zero-order chi connectivity index (χ0) is 13.8. The lowest BCUT2D eigenvalue weighted by Crippen LogP contribution is -2.03. The highest BCUT2D eigenvalue weighted by molar-refractivity contribution is 5.80. The molecule has 0 spiro atoms. The molecule has 0 saturated carbocycles. The molecule has 2 nitrogen and oxygen atoms in total. The summed E-state index contributed by atoms with van der Waals surface area (Å²) in [6.45, 7) is 6.50. The molecule has 0 aliphatic carbocycles. The van der Waals surface area contributed by atoms with Crippen molar-refractivity contribution in [1.82, 2.24) is 0 Å². The molecule has 0 atom stereocenters. The predicted octanol–water partition coefficient (Wildman–Crippen LogP) is 4.00. The van der Waals surface area contributed by atoms with Gasteiger partial charge in [0.1, 0.15) is 12.4 Å². The number of aldehydes is 1. The van der Waals surface area contributed by atoms with Gasteiger partial charge in [-0.3, -0.25) is 4.79 Å². The number of carbonyl (C=O) groups excluding carboxylic acids is 1. The fraction of sp³-hybridized carbons (Fsp3) is 0.235. The smallest absolute Gasteiger partial charge is 0.150 e. The van der Waals surface area contributed by atoms with Crippen molar-refractivity contribution in [2.45, 2.75) is 27.4 Å². The Kier molecular flexibility index (Phi) is 4.00. The van der Waals surface area contributed by atoms with Gasteiger partial charge in [0.15, 0.2) is 6.29 Å². The van der Waals surface area contributed by atoms with Crippen LogP contribution in [0, 0.1) is 20.8 Å². The van der Waals surface area contributed by atoms with Crippen LogP contribution in [0.3, 0.4) is 0 Å². The summed E-state index contributed by atoms with van der Waals surface area (Å²) < 4.78 is 5.77. The van der Waals surface area contributed by atoms with Gasteiger partial charge in [-0.15, -0.1) is 0 Å². The molecule has 0 N–H and O–H groups in total. The van der Waals surface area contributed by atoms with Crippen molar-refractivity contribution in [3.8, 4) is 5.75 Å². The summed E-state index contributed by atoms with van der Waals surface area (Å²) in [4.78, 5) is 11.1. The summed E-state index contributed by atoms with van der Waals surface area (Å²) in [5, 5.41) is 0. The van der Waals surface area contributed by atoms with Crippen LogP contribution >= 0.6 is 0 Å². The molecular weight excluding hydrogens is 236 g/mol. The molecule has 19 heavy (non-hydrogen) atoms. The summed E-state index contributed by atoms with van der Waals surface area (Å²) in [6.07, 6.45) is 0.930. The van der Waals surface area contributed by atoms with Gasteiger partial charge in [-0.05, 0) is 55.2 Å². The first kappa shape index (κ1) is 13.3. The maximum Gasteiger partial charge on any atom is 0.150 e. The third kappa shape index (κ3) is 2.84. The lowest BCUT2D eigenvalue weighted by atomic mass is 9.95. The second-order valence-corrected chi connectivity index (χ2v) is 4.74. The Morgan fingerprint density at radius 3 is 2.37 bits per heavy atom. The molecule has 0 bridgehead atoms. The lowest BCUT2D eigenvalue weighted by molar-refractivity contribution is 0.112. The number of benzene rings is 2. The summed E-state index contributed by atoms with van der Waals surface area (Å²) in [5.74, 6) is 0.858. The Labute approximate surface area is 114 Å². The Morgan fingerprint density at radius 2 is 1.74 bits per heavy atom. The van der Waals surface area contributed by atoms with Crippen molar-refractivity contribution in [3.63, 3.8) is 0 Å². The first-order chi connectivity index (χ1) is 9.13. The van der Waals surface area contributed by atoms with Gasteiger partial charge in [-0.25, -0.2) is 0 Å². The summed E-state index contributed by atoms with van der Waals surface area (Å²) in [6, 6.07) is 11.8. The van der Waals surface area contributed by atoms with E-state index in [0.29, 0.717) is 6.61 Å². The maximum absolute atomic E-state index is 11.1. The number of carbonyl (C=O) groups is 1. The van der Waals surface area contributed by atoms with Crippen molar-refractivity contribution in [2.24, 2.45) is 0 Å². The monoisotopic (exact) mass is 254 g/mol. The molecule has 0 unspecified atom stereocenters. The SMILES string of the molecule is Cc1cc(COc2ccccc2)c(C)c(C)c1C=O. The van der Waals surface area contributed by atoms with Gasteiger partial charge >= 0.3 is 0 Å². The van der Waals surface area contributed by atoms with Crippen molar-refractivity contribution >= 4 is 6.29 Å². The number of ether oxygens (including phenoxy) is 1. The number of hydrogen-bond donors (Lipinski definition) is 0. The molecule has 2 aromatic rings. The van der Waals surface area contributed by atoms with Gasteiger partial charge in [0.2, 0.25) is 0 Å². The van der Waals surface area contributed by atoms with E-state index in [1.807, 2.05) is 57.2 Å². The molecular formula is C17H18O2. The van der Waals surface area contributed by atoms with Gasteiger partial charge in [-0.1, -0.05) is 24.3 Å². The first-order valence-electron chi connectivity index (χ1n) is 6.36. The van der Waals surface area contributed by atoms with Crippen LogP contribution in [0.5, 0.6) is 5.75 Å². The minimum Gasteiger partial charge on any atom is -0.489 e. The topological polar surface area (TPSA) is 26.3 Å². The van der Waals surface area contributed by atoms with Crippen LogP contribution in [0.25, 0.3) is 0 Å². The van der Waals surface area contributed by atoms with E-state index in [1.54, 1.807) is 0 Å². The lowest BCUT2D eigenvalue weighted by Gasteiger charge is -2.14. The van der Waals surface area contributed by atoms with Crippen LogP contribution in [0.4, 0.5) is 0 Å². The van der Waals surface area contributed by atoms with Crippen molar-refractivity contribution in [1.29, 1.82) is 0 Å². The molecule has 2 heteroatoms. The standard InChI is InChI=1S/C17H18O2/c1-12-9-15(13(2)14(3)17(12)10-18)11-19-16-7-5-4-6-8-16/h4-10H,11H2,1-3H3. The van der Waals surface area contributed by atoms with E-state index >= 15 is 0 Å². The van der Waals surface area contributed by atoms with Crippen LogP contribution in [0.15, 0.2) is 36.4 Å². The number of hydrogen-bond acceptors (Lipinski definition) is 2. The van der Waals surface area contributed by atoms with Crippen molar-refractivity contribution in [3.05, 3.63) is 64.2 Å². The summed E-state index contributed by atoms with van der Waals surface area (Å²) in [5.41, 5.74) is 5.10. The number of aryl methyl sites for hydroxylation is 1. The highest BCUT2D eigenvalue weighted by Gasteiger charge is 2.09. The fourth-order valence-corrected chi connectivity index (χ4v) is 2.20. The van der Waals surface area contributed by atoms with Crippen LogP contribution in [-0.2, 0) is 6.61 Å². The van der Waals surface area contributed by atoms with Gasteiger partial charge in [0.25, 0.3) is 0 Å². The molecule has 2 rings (SSSR count). The van der Waals surface area contributed by atoms with E-state index in [4.69, 9.17) is 4.74 Å². The normalized spacial score (nSPS) is 10.3. The van der Waals surface area contributed by atoms with E-state index in [0.717, 1.165) is 39.9 Å². The molecule has 0 radical (unpaired) electrons. The second-order valence-electron chi connectivity index (χ2n) is 4.74. The minimum atomic E-state index is 0.524. The number of para-hydroxylation sites is 1. The van der Waals surface area contributed by atoms with Gasteiger partial charge in [0.05, 0.1) is 0 Å². The molecule has 2 aromatic carbocycles. The first-order valence-corrected chi connectivity index (χ1v) is 6.36. The average Bonchev–Trinajstić information content (AvgIpc) is 2.43. The Balaban J connectivity index is 2.24. The molecule has 0 aliphatic rings. The predicted molar refractivity (Wildman–Crippen MR) is 76.8 cm³/mol. The summed E-state index contributed by atoms with van der Waals surface area (Å²) >= 11 is 0. The molecule has 0 aromatic heterocycles. The third-order valence-electron chi connectivity index (χ3n) is 3.52. The average molecular weight is 254 g/mol. The van der Waals surface area contributed by atoms with Gasteiger partial charge in [-0.2, -0.15) is 0 Å². The number of rotatable bonds is 4. The van der Waals surface area contributed by atoms with E-state index in [1.165, 1.54) is 0 Å². The van der Waals surface area contributed by atoms with E-state index in [-0.39, 0.29) is 0 Å². The van der Waals surface area contributed by atoms with Crippen LogP contribution in [0.1, 0.15) is 32.6 Å². The minimum absolute atomic E-state index is 0.524. The highest BCUT2D eigenvalue weighted by Crippen LogP contribution is 2.22. The maximum atomic E-state index is 11.1. The largest absolute Gasteiger partial charge is 0.489 e. The van der Waals surface area contributed by atoms with E-state index < -0.39 is 0 Å². The Morgan fingerprint density at radius 1 is 1.05 bits per heavy atom. The van der Waals surface area contributed by atoms with Crippen molar-refractivity contribution < 1.29 is 9.53 Å². The van der Waals surface area contributed by atoms with Gasteiger partial charge in [0, 0.05) is 5.56 Å². The molecule has 0 heterocycles. The zero-order valence-corrected chi connectivity index (χ0v) is 11.6. The molecule has 0 amide bonds. The van der Waals surface area contributed by atoms with E-state index in [9.17, 15) is 4.79 Å². The Bertz CT molecular complexity index is 586. The molecule has 0 fully saturated rings. The highest BCUT2D eigenvalue weighted by atomic mass is 16.5.